The predicted octanol–water partition coefficient (Wildman–Crippen LogP) is 1.80. The molecular formula is C18H18N2O2. The standard InChI is InChI=1S/C18H18N2O2/c19-11-17(12-21)13-22-14-18(20-17,15-7-3-1-4-8-15)16-9-5-2-6-10-16/h1-10,20-21H,12-14H2. The van der Waals surface area contributed by atoms with E-state index >= 15 is 0 Å². The molecule has 2 aromatic carbocycles. The van der Waals surface area contributed by atoms with E-state index in [2.05, 4.69) is 11.4 Å². The lowest BCUT2D eigenvalue weighted by Gasteiger charge is -2.46. The molecule has 0 amide bonds. The highest BCUT2D eigenvalue weighted by Crippen LogP contribution is 2.35. The highest BCUT2D eigenvalue weighted by molar-refractivity contribution is 5.41. The number of aliphatic hydroxyl groups is 1. The highest BCUT2D eigenvalue weighted by atomic mass is 16.5. The maximum atomic E-state index is 9.70. The predicted molar refractivity (Wildman–Crippen MR) is 83.0 cm³/mol. The third-order valence-electron chi connectivity index (χ3n) is 4.14. The zero-order valence-electron chi connectivity index (χ0n) is 12.2. The number of aliphatic hydroxyl groups excluding tert-OH is 1. The average Bonchev–Trinajstić information content (AvgIpc) is 2.63. The third-order valence-corrected chi connectivity index (χ3v) is 4.14. The van der Waals surface area contributed by atoms with Gasteiger partial charge in [-0.05, 0) is 11.1 Å². The van der Waals surface area contributed by atoms with Gasteiger partial charge in [0, 0.05) is 0 Å². The van der Waals surface area contributed by atoms with Gasteiger partial charge in [0.05, 0.1) is 31.4 Å². The molecule has 2 aromatic rings. The fourth-order valence-corrected chi connectivity index (χ4v) is 2.96. The second-order valence-corrected chi connectivity index (χ2v) is 5.61. The van der Waals surface area contributed by atoms with E-state index in [1.807, 2.05) is 60.7 Å². The van der Waals surface area contributed by atoms with E-state index in [-0.39, 0.29) is 13.2 Å². The zero-order chi connectivity index (χ0) is 15.5. The molecule has 2 N–H and O–H groups in total. The van der Waals surface area contributed by atoms with E-state index in [1.54, 1.807) is 0 Å². The van der Waals surface area contributed by atoms with E-state index in [9.17, 15) is 10.4 Å². The topological polar surface area (TPSA) is 65.3 Å². The summed E-state index contributed by atoms with van der Waals surface area (Å²) in [5.41, 5.74) is 0.256. The second kappa shape index (κ2) is 5.90. The van der Waals surface area contributed by atoms with Gasteiger partial charge in [0.1, 0.15) is 0 Å². The van der Waals surface area contributed by atoms with Crippen molar-refractivity contribution in [2.24, 2.45) is 0 Å². The fraction of sp³-hybridized carbons (Fsp3) is 0.278. The van der Waals surface area contributed by atoms with Gasteiger partial charge in [-0.2, -0.15) is 5.26 Å². The number of nitriles is 1. The van der Waals surface area contributed by atoms with Crippen molar-refractivity contribution in [1.82, 2.24) is 5.32 Å². The minimum Gasteiger partial charge on any atom is -0.393 e. The summed E-state index contributed by atoms with van der Waals surface area (Å²) in [5, 5.41) is 22.6. The van der Waals surface area contributed by atoms with E-state index in [0.717, 1.165) is 11.1 Å². The fourth-order valence-electron chi connectivity index (χ4n) is 2.96. The third kappa shape index (κ3) is 2.40. The maximum absolute atomic E-state index is 9.70. The molecule has 0 spiro atoms. The van der Waals surface area contributed by atoms with Crippen LogP contribution in [-0.4, -0.2) is 30.5 Å². The number of nitrogens with zero attached hydrogens (tertiary/aromatic N) is 1. The Labute approximate surface area is 130 Å². The van der Waals surface area contributed by atoms with Crippen LogP contribution >= 0.6 is 0 Å². The van der Waals surface area contributed by atoms with Crippen molar-refractivity contribution >= 4 is 0 Å². The van der Waals surface area contributed by atoms with Crippen LogP contribution in [0.5, 0.6) is 0 Å². The molecule has 0 aliphatic carbocycles. The lowest BCUT2D eigenvalue weighted by Crippen LogP contribution is -2.66. The quantitative estimate of drug-likeness (QED) is 0.906. The first-order valence-corrected chi connectivity index (χ1v) is 7.25. The smallest absolute Gasteiger partial charge is 0.154 e. The van der Waals surface area contributed by atoms with Gasteiger partial charge in [-0.1, -0.05) is 60.7 Å². The highest BCUT2D eigenvalue weighted by Gasteiger charge is 2.47. The van der Waals surface area contributed by atoms with Crippen LogP contribution in [0.1, 0.15) is 11.1 Å². The van der Waals surface area contributed by atoms with Crippen molar-refractivity contribution in [3.05, 3.63) is 71.8 Å². The minimum absolute atomic E-state index is 0.168. The van der Waals surface area contributed by atoms with Gasteiger partial charge in [0.25, 0.3) is 0 Å². The second-order valence-electron chi connectivity index (χ2n) is 5.61. The van der Waals surface area contributed by atoms with E-state index in [0.29, 0.717) is 6.61 Å². The van der Waals surface area contributed by atoms with Gasteiger partial charge in [-0.15, -0.1) is 0 Å². The summed E-state index contributed by atoms with van der Waals surface area (Å²) >= 11 is 0. The Morgan fingerprint density at radius 3 is 2.00 bits per heavy atom. The molecule has 1 unspecified atom stereocenters. The Bertz CT molecular complexity index is 627. The van der Waals surface area contributed by atoms with Crippen LogP contribution in [0.4, 0.5) is 0 Å². The van der Waals surface area contributed by atoms with Crippen molar-refractivity contribution in [3.63, 3.8) is 0 Å². The van der Waals surface area contributed by atoms with Gasteiger partial charge in [0.2, 0.25) is 0 Å². The molecule has 4 nitrogen and oxygen atoms in total. The molecule has 1 atom stereocenters. The molecule has 0 saturated carbocycles. The molecule has 1 saturated heterocycles. The van der Waals surface area contributed by atoms with E-state index < -0.39 is 11.1 Å². The van der Waals surface area contributed by atoms with Gasteiger partial charge in [-0.3, -0.25) is 5.32 Å². The lowest BCUT2D eigenvalue weighted by molar-refractivity contribution is -0.0293. The average molecular weight is 294 g/mol. The largest absolute Gasteiger partial charge is 0.393 e. The zero-order valence-corrected chi connectivity index (χ0v) is 12.2. The molecule has 0 bridgehead atoms. The minimum atomic E-state index is -1.11. The van der Waals surface area contributed by atoms with E-state index in [4.69, 9.17) is 4.74 Å². The van der Waals surface area contributed by atoms with Crippen molar-refractivity contribution in [3.8, 4) is 6.07 Å². The van der Waals surface area contributed by atoms with Crippen LogP contribution in [0.25, 0.3) is 0 Å². The normalized spacial score (nSPS) is 23.6. The number of ether oxygens (including phenoxy) is 1. The van der Waals surface area contributed by atoms with E-state index in [1.165, 1.54) is 0 Å². The van der Waals surface area contributed by atoms with Crippen LogP contribution in [0.3, 0.4) is 0 Å². The Morgan fingerprint density at radius 2 is 1.55 bits per heavy atom. The first-order chi connectivity index (χ1) is 10.7. The molecule has 0 aromatic heterocycles. The molecule has 1 heterocycles. The number of benzene rings is 2. The first kappa shape index (κ1) is 14.7. The molecule has 1 aliphatic rings. The summed E-state index contributed by atoms with van der Waals surface area (Å²) in [6, 6.07) is 22.0. The number of nitrogens with one attached hydrogen (secondary N) is 1. The molecular weight excluding hydrogens is 276 g/mol. The number of rotatable bonds is 3. The van der Waals surface area contributed by atoms with Gasteiger partial charge >= 0.3 is 0 Å². The number of hydrogen-bond acceptors (Lipinski definition) is 4. The Hall–Kier alpha value is -2.19. The number of hydrogen-bond donors (Lipinski definition) is 2. The Morgan fingerprint density at radius 1 is 1.00 bits per heavy atom. The van der Waals surface area contributed by atoms with Crippen LogP contribution in [0, 0.1) is 11.3 Å². The summed E-state index contributed by atoms with van der Waals surface area (Å²) in [6.07, 6.45) is 0. The van der Waals surface area contributed by atoms with Crippen LogP contribution in [0.15, 0.2) is 60.7 Å². The van der Waals surface area contributed by atoms with Gasteiger partial charge in [0.15, 0.2) is 5.54 Å². The molecule has 1 fully saturated rings. The molecule has 0 radical (unpaired) electrons. The Kier molecular flexibility index (Phi) is 3.95. The summed E-state index contributed by atoms with van der Waals surface area (Å²) in [6.45, 7) is 0.275. The first-order valence-electron chi connectivity index (χ1n) is 7.25. The molecule has 1 aliphatic heterocycles. The van der Waals surface area contributed by atoms with Crippen molar-refractivity contribution < 1.29 is 9.84 Å². The summed E-state index contributed by atoms with van der Waals surface area (Å²) in [7, 11) is 0. The summed E-state index contributed by atoms with van der Waals surface area (Å²) in [4.78, 5) is 0. The van der Waals surface area contributed by atoms with Crippen molar-refractivity contribution in [2.75, 3.05) is 19.8 Å². The van der Waals surface area contributed by atoms with Gasteiger partial charge < -0.3 is 9.84 Å². The maximum Gasteiger partial charge on any atom is 0.154 e. The van der Waals surface area contributed by atoms with Crippen molar-refractivity contribution in [2.45, 2.75) is 11.1 Å². The summed E-state index contributed by atoms with van der Waals surface area (Å²) in [5.74, 6) is 0. The lowest BCUT2D eigenvalue weighted by atomic mass is 9.79. The molecule has 112 valence electrons. The van der Waals surface area contributed by atoms with Crippen LogP contribution in [-0.2, 0) is 10.3 Å². The molecule has 22 heavy (non-hydrogen) atoms. The van der Waals surface area contributed by atoms with Crippen molar-refractivity contribution in [1.29, 1.82) is 5.26 Å². The van der Waals surface area contributed by atoms with Crippen LogP contribution < -0.4 is 5.32 Å². The number of morpholine rings is 1. The Balaban J connectivity index is 2.15. The molecule has 3 rings (SSSR count). The monoisotopic (exact) mass is 294 g/mol. The van der Waals surface area contributed by atoms with Gasteiger partial charge in [-0.25, -0.2) is 0 Å². The summed E-state index contributed by atoms with van der Waals surface area (Å²) < 4.78 is 5.75. The molecule has 4 heteroatoms. The van der Waals surface area contributed by atoms with Crippen LogP contribution in [0.2, 0.25) is 0 Å². The SMILES string of the molecule is N#CC1(CO)COCC(c2ccccc2)(c2ccccc2)N1.